The van der Waals surface area contributed by atoms with Gasteiger partial charge in [-0.15, -0.1) is 0 Å². The maximum atomic E-state index is 6.24. The van der Waals surface area contributed by atoms with Gasteiger partial charge in [-0.25, -0.2) is 29.9 Å². The first-order chi connectivity index (χ1) is 49.6. The Morgan fingerprint density at radius 2 is 0.618 bits per heavy atom. The van der Waals surface area contributed by atoms with Crippen LogP contribution in [0.25, 0.3) is 44.1 Å². The summed E-state index contributed by atoms with van der Waals surface area (Å²) in [5, 5.41) is 4.34. The minimum atomic E-state index is 0.0969. The molecule has 4 aliphatic heterocycles. The van der Waals surface area contributed by atoms with Crippen LogP contribution in [0.4, 0.5) is 68.8 Å². The number of aromatic nitrogens is 6. The Morgan fingerprint density at radius 3 is 1.03 bits per heavy atom. The molecule has 6 aromatic heterocycles. The number of hydrogen-bond donors (Lipinski definition) is 0. The molecule has 4 atom stereocenters. The molecule has 0 amide bonds. The number of benzene rings is 8. The Labute approximate surface area is 596 Å². The van der Waals surface area contributed by atoms with E-state index in [-0.39, 0.29) is 24.7 Å². The fourth-order valence-electron chi connectivity index (χ4n) is 14.5. The monoisotopic (exact) mass is 1340 g/mol. The number of pyridine rings is 2. The van der Waals surface area contributed by atoms with E-state index in [9.17, 15) is 0 Å². The number of nitrogens with zero attached hydrogens (tertiary/aromatic N) is 14. The highest BCUT2D eigenvalue weighted by Gasteiger charge is 2.40. The van der Waals surface area contributed by atoms with Crippen LogP contribution in [0.3, 0.4) is 0 Å². The lowest BCUT2D eigenvalue weighted by Crippen LogP contribution is -2.36. The molecular weight excluding hydrogens is 1260 g/mol. The van der Waals surface area contributed by atoms with Gasteiger partial charge in [0.15, 0.2) is 34.4 Å². The van der Waals surface area contributed by atoms with Gasteiger partial charge in [0.25, 0.3) is 0 Å². The smallest absolute Gasteiger partial charge is 0.227 e. The molecule has 0 fully saturated rings. The highest BCUT2D eigenvalue weighted by molar-refractivity contribution is 6.10. The molecule has 14 aromatic rings. The summed E-state index contributed by atoms with van der Waals surface area (Å²) >= 11 is 0. The van der Waals surface area contributed by atoms with Gasteiger partial charge in [0.2, 0.25) is 11.4 Å². The molecule has 0 N–H and O–H groups in total. The molecule has 0 saturated carbocycles. The Hall–Kier alpha value is -12.3. The second kappa shape index (κ2) is 27.4. The van der Waals surface area contributed by atoms with Crippen molar-refractivity contribution in [2.45, 2.75) is 108 Å². The average molecular weight is 1340 g/mol. The first-order valence-corrected chi connectivity index (χ1v) is 34.9. The van der Waals surface area contributed by atoms with Crippen molar-refractivity contribution in [1.29, 1.82) is 0 Å². The van der Waals surface area contributed by atoms with Crippen LogP contribution in [0.5, 0.6) is 0 Å². The van der Waals surface area contributed by atoms with Crippen molar-refractivity contribution >= 4 is 113 Å². The van der Waals surface area contributed by atoms with E-state index in [0.717, 1.165) is 102 Å². The molecule has 18 rings (SSSR count). The third-order valence-corrected chi connectivity index (χ3v) is 19.8. The molecule has 0 spiro atoms. The standard InChI is InChI=1S/2C23H21N3O.C21H22N4.C19H18N4/c2*1-15-9-11-19-20-12-10-16(2)24-23(20)27-22(19)21(15)26-14-13-25(17(26)3)18-7-5-4-6-8-18;1-14-10-8-9-13-19(14)25-17(4)24(18-11-6-5-7-12-18)20-21(25)23-16(3)15(2)22-20;1-14-8-6-7-11-17(14)23-15(2)22(16-9-4-3-5-10-16)18-19(23)21-13-12-20-18/h2*4-14,17H,1-3H3;5-13,17H,1-4H3;3-13,15H,1-2H3/t3*17-;15-/m0000/s1. The largest absolute Gasteiger partial charge is 0.435 e. The van der Waals surface area contributed by atoms with Crippen LogP contribution in [-0.2, 0) is 0 Å². The van der Waals surface area contributed by atoms with Crippen LogP contribution < -0.4 is 39.2 Å². The molecule has 508 valence electrons. The summed E-state index contributed by atoms with van der Waals surface area (Å²) < 4.78 is 12.5. The quantitative estimate of drug-likeness (QED) is 0.143. The molecule has 8 aromatic carbocycles. The van der Waals surface area contributed by atoms with Gasteiger partial charge < -0.3 is 48.0 Å². The minimum absolute atomic E-state index is 0.0969. The highest BCUT2D eigenvalue weighted by atomic mass is 16.3. The number of furan rings is 2. The number of hydrogen-bond acceptors (Lipinski definition) is 16. The fraction of sp³-hybridized carbons (Fsp3) is 0.186. The Morgan fingerprint density at radius 1 is 0.284 bits per heavy atom. The number of fused-ring (bicyclic) bond motifs is 8. The van der Waals surface area contributed by atoms with Crippen LogP contribution in [0.2, 0.25) is 0 Å². The van der Waals surface area contributed by atoms with Crippen LogP contribution >= 0.6 is 0 Å². The average Bonchev–Trinajstić information content (AvgIpc) is 1.61. The molecule has 10 heterocycles. The summed E-state index contributed by atoms with van der Waals surface area (Å²) in [4.78, 5) is 46.3. The zero-order valence-corrected chi connectivity index (χ0v) is 59.6. The number of rotatable bonds is 8. The first-order valence-electron chi connectivity index (χ1n) is 34.9. The maximum absolute atomic E-state index is 6.24. The predicted octanol–water partition coefficient (Wildman–Crippen LogP) is 20.9. The van der Waals surface area contributed by atoms with E-state index in [1.807, 2.05) is 64.1 Å². The van der Waals surface area contributed by atoms with Crippen molar-refractivity contribution in [1.82, 2.24) is 29.9 Å². The second-order valence-corrected chi connectivity index (χ2v) is 26.4. The topological polar surface area (TPSA) is 130 Å². The second-order valence-electron chi connectivity index (χ2n) is 26.4. The van der Waals surface area contributed by atoms with E-state index in [1.54, 1.807) is 12.4 Å². The lowest BCUT2D eigenvalue weighted by atomic mass is 10.1. The van der Waals surface area contributed by atoms with Crippen molar-refractivity contribution in [3.63, 3.8) is 0 Å². The highest BCUT2D eigenvalue weighted by Crippen LogP contribution is 2.49. The summed E-state index contributed by atoms with van der Waals surface area (Å²) in [7, 11) is 0. The fourth-order valence-corrected chi connectivity index (χ4v) is 14.5. The van der Waals surface area contributed by atoms with Crippen molar-refractivity contribution in [2.75, 3.05) is 39.2 Å². The Kier molecular flexibility index (Phi) is 17.6. The van der Waals surface area contributed by atoms with E-state index in [0.29, 0.717) is 11.4 Å². The number of anilines is 12. The van der Waals surface area contributed by atoms with Crippen molar-refractivity contribution < 1.29 is 8.83 Å². The molecule has 0 saturated heterocycles. The van der Waals surface area contributed by atoms with Gasteiger partial charge in [-0.1, -0.05) is 133 Å². The maximum Gasteiger partial charge on any atom is 0.227 e. The minimum Gasteiger partial charge on any atom is -0.435 e. The molecule has 0 bridgehead atoms. The SMILES string of the molecule is Cc1ccc2c(n1)oc1c(N3C=CN(c4ccccc4)[C@@H]3C)c(C)ccc12.Cc1ccc2c(n1)oc1c(N3C=CN(c4ccccc4)[C@@H]3C)c(C)ccc12.Cc1ccccc1N1c2nc(C)c(C)nc2N(c2ccccc2)[C@@H]1C.Cc1ccccc1N1c2nccnc2N(c2ccccc2)[C@@H]1C. The van der Waals surface area contributed by atoms with Gasteiger partial charge in [0, 0.05) is 104 Å². The van der Waals surface area contributed by atoms with Gasteiger partial charge in [-0.2, -0.15) is 0 Å². The van der Waals surface area contributed by atoms with Crippen molar-refractivity contribution in [3.05, 3.63) is 301 Å². The van der Waals surface area contributed by atoms with Crippen LogP contribution in [0, 0.1) is 55.4 Å². The molecule has 0 radical (unpaired) electrons. The lowest BCUT2D eigenvalue weighted by Gasteiger charge is -2.30. The molecule has 16 heteroatoms. The molecule has 102 heavy (non-hydrogen) atoms. The van der Waals surface area contributed by atoms with Crippen LogP contribution in [0.1, 0.15) is 72.7 Å². The molecule has 0 unspecified atom stereocenters. The van der Waals surface area contributed by atoms with E-state index < -0.39 is 0 Å². The Balaban J connectivity index is 0.000000110. The van der Waals surface area contributed by atoms with Gasteiger partial charge in [-0.05, 0) is 190 Å². The van der Waals surface area contributed by atoms with E-state index >= 15 is 0 Å². The predicted molar refractivity (Wildman–Crippen MR) is 418 cm³/mol. The summed E-state index contributed by atoms with van der Waals surface area (Å²) in [6.45, 7) is 25.3. The van der Waals surface area contributed by atoms with E-state index in [4.69, 9.17) is 18.8 Å². The number of aryl methyl sites for hydroxylation is 8. The number of para-hydroxylation sites is 6. The van der Waals surface area contributed by atoms with Gasteiger partial charge in [-0.3, -0.25) is 0 Å². The van der Waals surface area contributed by atoms with Gasteiger partial charge in [0.05, 0.1) is 22.8 Å². The van der Waals surface area contributed by atoms with Gasteiger partial charge in [0.1, 0.15) is 24.7 Å². The summed E-state index contributed by atoms with van der Waals surface area (Å²) in [5.74, 6) is 3.64. The molecule has 0 aliphatic carbocycles. The summed E-state index contributed by atoms with van der Waals surface area (Å²) in [5.41, 5.74) is 21.0. The molecular formula is C86H82N14O2. The Bertz CT molecular complexity index is 5260. The third kappa shape index (κ3) is 12.0. The van der Waals surface area contributed by atoms with Gasteiger partial charge >= 0.3 is 0 Å². The van der Waals surface area contributed by atoms with E-state index in [2.05, 4.69) is 321 Å². The van der Waals surface area contributed by atoms with Crippen LogP contribution in [-0.4, -0.2) is 54.6 Å². The lowest BCUT2D eigenvalue weighted by molar-refractivity contribution is 0.647. The normalized spacial score (nSPS) is 16.6. The van der Waals surface area contributed by atoms with E-state index in [1.165, 1.54) is 45.0 Å². The van der Waals surface area contributed by atoms with Crippen LogP contribution in [0.15, 0.2) is 264 Å². The molecule has 16 nitrogen and oxygen atoms in total. The summed E-state index contributed by atoms with van der Waals surface area (Å²) in [6.07, 6.45) is 12.5. The third-order valence-electron chi connectivity index (χ3n) is 19.8. The zero-order chi connectivity index (χ0) is 70.4. The first kappa shape index (κ1) is 65.6. The zero-order valence-electron chi connectivity index (χ0n) is 59.6. The van der Waals surface area contributed by atoms with Crippen molar-refractivity contribution in [2.24, 2.45) is 0 Å². The summed E-state index contributed by atoms with van der Waals surface area (Å²) in [6, 6.07) is 75.3. The van der Waals surface area contributed by atoms with Crippen molar-refractivity contribution in [3.8, 4) is 0 Å². The molecule has 4 aliphatic rings.